The van der Waals surface area contributed by atoms with Gasteiger partial charge < -0.3 is 29.5 Å². The summed E-state index contributed by atoms with van der Waals surface area (Å²) in [5, 5.41) is 17.6. The van der Waals surface area contributed by atoms with Gasteiger partial charge in [0.1, 0.15) is 18.9 Å². The van der Waals surface area contributed by atoms with Crippen molar-refractivity contribution in [3.05, 3.63) is 35.5 Å². The maximum absolute atomic E-state index is 13.8. The maximum atomic E-state index is 13.8. The molecule has 1 aromatic heterocycles. The van der Waals surface area contributed by atoms with E-state index in [4.69, 9.17) is 14.2 Å². The minimum absolute atomic E-state index is 0.00210. The van der Waals surface area contributed by atoms with Gasteiger partial charge in [0.25, 0.3) is 9.84 Å². The molecule has 48 heavy (non-hydrogen) atoms. The Balaban J connectivity index is 0.973. The number of aldehydes is 1. The van der Waals surface area contributed by atoms with Crippen LogP contribution in [0.3, 0.4) is 0 Å². The van der Waals surface area contributed by atoms with Crippen LogP contribution in [-0.2, 0) is 33.7 Å². The lowest BCUT2D eigenvalue weighted by Gasteiger charge is -2.64. The summed E-state index contributed by atoms with van der Waals surface area (Å²) in [6.07, 6.45) is 8.56. The normalized spacial score (nSPS) is 34.0. The first-order valence-corrected chi connectivity index (χ1v) is 18.4. The Morgan fingerprint density at radius 3 is 2.54 bits per heavy atom. The number of amides is 1. The van der Waals surface area contributed by atoms with E-state index in [9.17, 15) is 28.0 Å². The SMILES string of the molecule is C[C@]12CC[C@@H]3[C@](CC[C@H]4[C@@]3(C)CCC[C@@]4(C)C(=O)NCC(=O)OCCCCOc3no[n+]([O-])c3S(=O)(=O)c3ccccc3)(C1)C(C=O)O2. The third kappa shape index (κ3) is 5.78. The van der Waals surface area contributed by atoms with Gasteiger partial charge >= 0.3 is 16.9 Å². The molecule has 4 fully saturated rings. The van der Waals surface area contributed by atoms with Gasteiger partial charge in [-0.25, -0.2) is 8.42 Å². The second kappa shape index (κ2) is 12.7. The lowest BCUT2D eigenvalue weighted by atomic mass is 9.39. The van der Waals surface area contributed by atoms with E-state index in [1.165, 1.54) is 24.3 Å². The Bertz CT molecular complexity index is 1650. The zero-order valence-electron chi connectivity index (χ0n) is 27.8. The summed E-state index contributed by atoms with van der Waals surface area (Å²) >= 11 is 0. The third-order valence-electron chi connectivity index (χ3n) is 11.9. The Morgan fingerprint density at radius 2 is 1.79 bits per heavy atom. The lowest BCUT2D eigenvalue weighted by Crippen LogP contribution is -2.62. The van der Waals surface area contributed by atoms with Crippen LogP contribution in [0.5, 0.6) is 5.88 Å². The molecule has 1 aliphatic heterocycles. The summed E-state index contributed by atoms with van der Waals surface area (Å²) in [6.45, 7) is 6.30. The number of rotatable bonds is 12. The Morgan fingerprint density at radius 1 is 1.06 bits per heavy atom. The number of aromatic nitrogens is 2. The van der Waals surface area contributed by atoms with E-state index in [0.717, 1.165) is 57.7 Å². The fourth-order valence-electron chi connectivity index (χ4n) is 9.89. The average Bonchev–Trinajstić information content (AvgIpc) is 3.54. The number of esters is 1. The average molecular weight is 688 g/mol. The molecule has 13 nitrogen and oxygen atoms in total. The van der Waals surface area contributed by atoms with Crippen LogP contribution in [0.15, 0.2) is 44.9 Å². The maximum Gasteiger partial charge on any atom is 0.414 e. The first-order valence-electron chi connectivity index (χ1n) is 16.9. The molecule has 262 valence electrons. The van der Waals surface area contributed by atoms with E-state index in [-0.39, 0.29) is 57.8 Å². The molecule has 3 aliphatic carbocycles. The van der Waals surface area contributed by atoms with Crippen molar-refractivity contribution in [1.29, 1.82) is 0 Å². The molecule has 0 radical (unpaired) electrons. The zero-order chi connectivity index (χ0) is 34.4. The minimum Gasteiger partial charge on any atom is -0.464 e. The topological polar surface area (TPSA) is 178 Å². The van der Waals surface area contributed by atoms with Crippen LogP contribution in [-0.4, -0.2) is 63.2 Å². The predicted octanol–water partition coefficient (Wildman–Crippen LogP) is 3.71. The van der Waals surface area contributed by atoms with Crippen LogP contribution in [0, 0.1) is 33.3 Å². The molecule has 6 rings (SSSR count). The van der Waals surface area contributed by atoms with E-state index >= 15 is 0 Å². The number of hydrogen-bond acceptors (Lipinski definition) is 11. The molecule has 1 spiro atoms. The Labute approximate surface area is 280 Å². The highest BCUT2D eigenvalue weighted by Crippen LogP contribution is 2.71. The summed E-state index contributed by atoms with van der Waals surface area (Å²) in [4.78, 5) is 38.2. The molecule has 1 amide bonds. The number of benzene rings is 1. The van der Waals surface area contributed by atoms with Crippen LogP contribution in [0.25, 0.3) is 0 Å². The van der Waals surface area contributed by atoms with Crippen molar-refractivity contribution in [3.8, 4) is 5.88 Å². The van der Waals surface area contributed by atoms with Crippen molar-refractivity contribution in [2.45, 2.75) is 107 Å². The Kier molecular flexibility index (Phi) is 9.12. The third-order valence-corrected chi connectivity index (χ3v) is 13.7. The number of fused-ring (bicyclic) bond motifs is 3. The molecule has 4 aliphatic rings. The summed E-state index contributed by atoms with van der Waals surface area (Å²) < 4.78 is 47.3. The second-order valence-corrected chi connectivity index (χ2v) is 16.7. The molecule has 2 bridgehead atoms. The van der Waals surface area contributed by atoms with Gasteiger partial charge in [-0.2, -0.15) is 0 Å². The number of nitrogens with one attached hydrogen (secondary N) is 1. The standard InChI is InChI=1S/C34H45N3O10S/c1-31-16-12-25-32(2)14-9-15-33(3,24(32)13-17-34(25,22-31)26(21-38)46-31)30(40)35-20-27(39)44-18-7-8-19-45-28-29(37(41)47-36-28)48(42,43)23-10-5-4-6-11-23/h4-6,10-11,21,24-26H,7-9,12-20,22H2,1-3H3,(H,35,40)/t24-,25-,26?,31-,32+,33+,34-/m0/s1. The fourth-order valence-corrected chi connectivity index (χ4v) is 11.2. The number of sulfone groups is 1. The van der Waals surface area contributed by atoms with E-state index in [1.807, 2.05) is 6.92 Å². The van der Waals surface area contributed by atoms with Crippen molar-refractivity contribution in [2.75, 3.05) is 19.8 Å². The molecule has 1 aromatic carbocycles. The number of ether oxygens (including phenoxy) is 3. The second-order valence-electron chi connectivity index (χ2n) is 14.8. The number of carbonyl (C=O) groups excluding carboxylic acids is 3. The number of unbranched alkanes of at least 4 members (excludes halogenated alkanes) is 1. The molecule has 2 heterocycles. The van der Waals surface area contributed by atoms with Crippen LogP contribution >= 0.6 is 0 Å². The number of nitrogens with zero attached hydrogens (tertiary/aromatic N) is 2. The largest absolute Gasteiger partial charge is 0.464 e. The molecular formula is C34H45N3O10S. The van der Waals surface area contributed by atoms with Gasteiger partial charge in [-0.05, 0) is 99.0 Å². The summed E-state index contributed by atoms with van der Waals surface area (Å²) in [5.74, 6) is -0.707. The smallest absolute Gasteiger partial charge is 0.414 e. The first kappa shape index (κ1) is 34.3. The van der Waals surface area contributed by atoms with Crippen molar-refractivity contribution in [2.24, 2.45) is 28.1 Å². The van der Waals surface area contributed by atoms with Crippen molar-refractivity contribution >= 4 is 28.0 Å². The quantitative estimate of drug-likeness (QED) is 0.149. The van der Waals surface area contributed by atoms with Crippen molar-refractivity contribution < 1.29 is 46.5 Å². The van der Waals surface area contributed by atoms with E-state index in [0.29, 0.717) is 18.8 Å². The van der Waals surface area contributed by atoms with Crippen LogP contribution in [0.1, 0.15) is 85.0 Å². The van der Waals surface area contributed by atoms with Crippen LogP contribution in [0.4, 0.5) is 0 Å². The number of carbonyl (C=O) groups is 3. The Hall–Kier alpha value is -3.52. The van der Waals surface area contributed by atoms with Crippen molar-refractivity contribution in [1.82, 2.24) is 10.5 Å². The monoisotopic (exact) mass is 687 g/mol. The van der Waals surface area contributed by atoms with Gasteiger partial charge in [0.15, 0.2) is 0 Å². The fraction of sp³-hybridized carbons (Fsp3) is 0.676. The van der Waals surface area contributed by atoms with E-state index < -0.39 is 38.2 Å². The highest BCUT2D eigenvalue weighted by atomic mass is 32.2. The van der Waals surface area contributed by atoms with E-state index in [1.54, 1.807) is 6.07 Å². The van der Waals surface area contributed by atoms with Gasteiger partial charge in [0.2, 0.25) is 5.91 Å². The molecular weight excluding hydrogens is 642 g/mol. The predicted molar refractivity (Wildman–Crippen MR) is 168 cm³/mol. The zero-order valence-corrected chi connectivity index (χ0v) is 28.6. The lowest BCUT2D eigenvalue weighted by molar-refractivity contribution is -0.832. The molecule has 1 N–H and O–H groups in total. The van der Waals surface area contributed by atoms with Gasteiger partial charge in [-0.3, -0.25) is 14.2 Å². The summed E-state index contributed by atoms with van der Waals surface area (Å²) in [7, 11) is -4.22. The van der Waals surface area contributed by atoms with Crippen LogP contribution < -0.4 is 15.0 Å². The van der Waals surface area contributed by atoms with Gasteiger partial charge in [0.05, 0.1) is 28.9 Å². The molecule has 3 saturated carbocycles. The van der Waals surface area contributed by atoms with Gasteiger partial charge in [0, 0.05) is 10.8 Å². The number of hydrogen-bond donors (Lipinski definition) is 1. The molecule has 2 aromatic rings. The van der Waals surface area contributed by atoms with E-state index in [2.05, 4.69) is 28.9 Å². The highest BCUT2D eigenvalue weighted by molar-refractivity contribution is 7.91. The highest BCUT2D eigenvalue weighted by Gasteiger charge is 2.69. The van der Waals surface area contributed by atoms with Gasteiger partial charge in [-0.1, -0.05) is 38.5 Å². The molecule has 1 unspecified atom stereocenters. The molecule has 14 heteroatoms. The summed E-state index contributed by atoms with van der Waals surface area (Å²) in [5.41, 5.74) is -1.16. The minimum atomic E-state index is -4.22. The van der Waals surface area contributed by atoms with Crippen molar-refractivity contribution in [3.63, 3.8) is 0 Å². The summed E-state index contributed by atoms with van der Waals surface area (Å²) in [6, 6.07) is 7.40. The molecule has 7 atom stereocenters. The van der Waals surface area contributed by atoms with Gasteiger partial charge in [-0.15, -0.1) is 0 Å². The van der Waals surface area contributed by atoms with Crippen LogP contribution in [0.2, 0.25) is 0 Å². The molecule has 1 saturated heterocycles. The first-order chi connectivity index (χ1) is 22.8.